The van der Waals surface area contributed by atoms with E-state index in [4.69, 9.17) is 4.74 Å². The van der Waals surface area contributed by atoms with Crippen molar-refractivity contribution in [2.24, 2.45) is 0 Å². The van der Waals surface area contributed by atoms with E-state index in [1.807, 2.05) is 13.0 Å². The Kier molecular flexibility index (Phi) is 5.02. The van der Waals surface area contributed by atoms with Gasteiger partial charge < -0.3 is 9.64 Å². The Morgan fingerprint density at radius 1 is 1.25 bits per heavy atom. The second kappa shape index (κ2) is 6.30. The summed E-state index contributed by atoms with van der Waals surface area (Å²) < 4.78 is 5.37. The van der Waals surface area contributed by atoms with Gasteiger partial charge in [-0.05, 0) is 19.8 Å². The molecule has 0 fully saturated rings. The van der Waals surface area contributed by atoms with Gasteiger partial charge in [0.1, 0.15) is 12.1 Å². The number of anilines is 1. The van der Waals surface area contributed by atoms with Crippen molar-refractivity contribution in [2.45, 2.75) is 39.7 Å². The summed E-state index contributed by atoms with van der Waals surface area (Å²) in [6.45, 7) is 6.96. The molecular weight excluding hydrogens is 202 g/mol. The number of aromatic nitrogens is 2. The Labute approximate surface area is 97.7 Å². The highest BCUT2D eigenvalue weighted by molar-refractivity contribution is 5.40. The van der Waals surface area contributed by atoms with Gasteiger partial charge in [0, 0.05) is 19.2 Å². The van der Waals surface area contributed by atoms with Crippen LogP contribution in [0.5, 0.6) is 5.88 Å². The van der Waals surface area contributed by atoms with E-state index in [1.54, 1.807) is 6.33 Å². The molecular formula is C12H21N3O. The first kappa shape index (κ1) is 12.7. The topological polar surface area (TPSA) is 38.2 Å². The summed E-state index contributed by atoms with van der Waals surface area (Å²) >= 11 is 0. The Morgan fingerprint density at radius 3 is 2.50 bits per heavy atom. The first-order chi connectivity index (χ1) is 7.72. The Morgan fingerprint density at radius 2 is 1.94 bits per heavy atom. The molecule has 4 nitrogen and oxygen atoms in total. The van der Waals surface area contributed by atoms with Crippen LogP contribution in [0.2, 0.25) is 0 Å². The molecule has 1 aromatic heterocycles. The Bertz CT molecular complexity index is 313. The average Bonchev–Trinajstić information content (AvgIpc) is 2.31. The van der Waals surface area contributed by atoms with Gasteiger partial charge in [-0.15, -0.1) is 0 Å². The number of rotatable bonds is 6. The SMILES string of the molecule is CCOc1cc(N(C)C(CC)CC)ncn1. The van der Waals surface area contributed by atoms with Crippen molar-refractivity contribution >= 4 is 5.82 Å². The molecule has 4 heteroatoms. The molecule has 0 aliphatic carbocycles. The Hall–Kier alpha value is -1.32. The fourth-order valence-electron chi connectivity index (χ4n) is 1.77. The van der Waals surface area contributed by atoms with Crippen LogP contribution in [-0.4, -0.2) is 29.7 Å². The number of ether oxygens (including phenoxy) is 1. The molecule has 0 bridgehead atoms. The van der Waals surface area contributed by atoms with Gasteiger partial charge >= 0.3 is 0 Å². The highest BCUT2D eigenvalue weighted by atomic mass is 16.5. The Balaban J connectivity index is 2.81. The third kappa shape index (κ3) is 3.08. The molecule has 0 amide bonds. The molecule has 16 heavy (non-hydrogen) atoms. The van der Waals surface area contributed by atoms with Crippen molar-refractivity contribution < 1.29 is 4.74 Å². The van der Waals surface area contributed by atoms with Gasteiger partial charge in [0.15, 0.2) is 0 Å². The summed E-state index contributed by atoms with van der Waals surface area (Å²) in [5.41, 5.74) is 0. The molecule has 0 spiro atoms. The molecule has 0 saturated carbocycles. The van der Waals surface area contributed by atoms with E-state index < -0.39 is 0 Å². The van der Waals surface area contributed by atoms with Gasteiger partial charge in [-0.3, -0.25) is 0 Å². The van der Waals surface area contributed by atoms with Crippen molar-refractivity contribution in [3.63, 3.8) is 0 Å². The predicted molar refractivity (Wildman–Crippen MR) is 66.0 cm³/mol. The van der Waals surface area contributed by atoms with Gasteiger partial charge in [0.05, 0.1) is 6.61 Å². The number of hydrogen-bond acceptors (Lipinski definition) is 4. The molecule has 0 aliphatic heterocycles. The number of hydrogen-bond donors (Lipinski definition) is 0. The largest absolute Gasteiger partial charge is 0.478 e. The van der Waals surface area contributed by atoms with Crippen LogP contribution in [0.3, 0.4) is 0 Å². The lowest BCUT2D eigenvalue weighted by Gasteiger charge is -2.27. The molecule has 1 rings (SSSR count). The molecule has 0 aliphatic rings. The second-order valence-corrected chi connectivity index (χ2v) is 3.73. The summed E-state index contributed by atoms with van der Waals surface area (Å²) in [5.74, 6) is 1.57. The van der Waals surface area contributed by atoms with Crippen molar-refractivity contribution in [1.29, 1.82) is 0 Å². The molecule has 0 radical (unpaired) electrons. The van der Waals surface area contributed by atoms with Gasteiger partial charge in [-0.2, -0.15) is 0 Å². The average molecular weight is 223 g/mol. The van der Waals surface area contributed by atoms with E-state index in [1.165, 1.54) is 0 Å². The van der Waals surface area contributed by atoms with Crippen LogP contribution >= 0.6 is 0 Å². The molecule has 1 heterocycles. The molecule has 0 atom stereocenters. The van der Waals surface area contributed by atoms with Crippen molar-refractivity contribution in [3.8, 4) is 5.88 Å². The molecule has 0 unspecified atom stereocenters. The van der Waals surface area contributed by atoms with E-state index in [0.29, 0.717) is 18.5 Å². The number of nitrogens with zero attached hydrogens (tertiary/aromatic N) is 3. The fourth-order valence-corrected chi connectivity index (χ4v) is 1.77. The minimum absolute atomic E-state index is 0.518. The summed E-state index contributed by atoms with van der Waals surface area (Å²) in [6, 6.07) is 2.41. The van der Waals surface area contributed by atoms with Gasteiger partial charge in [-0.25, -0.2) is 9.97 Å². The van der Waals surface area contributed by atoms with Crippen LogP contribution in [0.25, 0.3) is 0 Å². The molecule has 1 aromatic rings. The van der Waals surface area contributed by atoms with Crippen LogP contribution in [0.15, 0.2) is 12.4 Å². The maximum absolute atomic E-state index is 5.37. The first-order valence-electron chi connectivity index (χ1n) is 5.90. The molecule has 0 saturated heterocycles. The minimum atomic E-state index is 0.518. The quantitative estimate of drug-likeness (QED) is 0.742. The lowest BCUT2D eigenvalue weighted by atomic mass is 10.1. The van der Waals surface area contributed by atoms with Gasteiger partial charge in [0.25, 0.3) is 0 Å². The maximum Gasteiger partial charge on any atom is 0.218 e. The van der Waals surface area contributed by atoms with E-state index >= 15 is 0 Å². The summed E-state index contributed by atoms with van der Waals surface area (Å²) in [5, 5.41) is 0. The summed E-state index contributed by atoms with van der Waals surface area (Å²) in [6.07, 6.45) is 3.78. The van der Waals surface area contributed by atoms with E-state index in [2.05, 4.69) is 35.8 Å². The first-order valence-corrected chi connectivity index (χ1v) is 5.90. The second-order valence-electron chi connectivity index (χ2n) is 3.73. The van der Waals surface area contributed by atoms with Crippen molar-refractivity contribution in [1.82, 2.24) is 9.97 Å². The lowest BCUT2D eigenvalue weighted by molar-refractivity contribution is 0.326. The third-order valence-corrected chi connectivity index (χ3v) is 2.77. The lowest BCUT2D eigenvalue weighted by Crippen LogP contribution is -2.31. The normalized spacial score (nSPS) is 10.6. The van der Waals surface area contributed by atoms with Crippen molar-refractivity contribution in [3.05, 3.63) is 12.4 Å². The maximum atomic E-state index is 5.37. The van der Waals surface area contributed by atoms with Crippen molar-refractivity contribution in [2.75, 3.05) is 18.6 Å². The zero-order valence-electron chi connectivity index (χ0n) is 10.6. The van der Waals surface area contributed by atoms with Crippen LogP contribution in [0.1, 0.15) is 33.6 Å². The summed E-state index contributed by atoms with van der Waals surface area (Å²) in [7, 11) is 2.07. The monoisotopic (exact) mass is 223 g/mol. The highest BCUT2D eigenvalue weighted by Gasteiger charge is 2.13. The zero-order valence-corrected chi connectivity index (χ0v) is 10.6. The standard InChI is InChI=1S/C12H21N3O/c1-5-10(6-2)15(4)11-8-12(16-7-3)14-9-13-11/h8-10H,5-7H2,1-4H3. The molecule has 0 aromatic carbocycles. The van der Waals surface area contributed by atoms with E-state index in [9.17, 15) is 0 Å². The van der Waals surface area contributed by atoms with E-state index in [0.717, 1.165) is 18.7 Å². The fraction of sp³-hybridized carbons (Fsp3) is 0.667. The van der Waals surface area contributed by atoms with Crippen LogP contribution in [-0.2, 0) is 0 Å². The predicted octanol–water partition coefficient (Wildman–Crippen LogP) is 2.50. The highest BCUT2D eigenvalue weighted by Crippen LogP contribution is 2.18. The van der Waals surface area contributed by atoms with Crippen LogP contribution in [0.4, 0.5) is 5.82 Å². The molecule has 90 valence electrons. The van der Waals surface area contributed by atoms with E-state index in [-0.39, 0.29) is 0 Å². The zero-order chi connectivity index (χ0) is 12.0. The molecule has 0 N–H and O–H groups in total. The van der Waals surface area contributed by atoms with Crippen LogP contribution < -0.4 is 9.64 Å². The minimum Gasteiger partial charge on any atom is -0.478 e. The van der Waals surface area contributed by atoms with Gasteiger partial charge in [-0.1, -0.05) is 13.8 Å². The van der Waals surface area contributed by atoms with Gasteiger partial charge in [0.2, 0.25) is 5.88 Å². The third-order valence-electron chi connectivity index (χ3n) is 2.77. The smallest absolute Gasteiger partial charge is 0.218 e. The summed E-state index contributed by atoms with van der Waals surface area (Å²) in [4.78, 5) is 10.5. The van der Waals surface area contributed by atoms with Crippen LogP contribution in [0, 0.1) is 0 Å².